The van der Waals surface area contributed by atoms with Crippen LogP contribution in [-0.4, -0.2) is 28.2 Å². The fraction of sp³-hybridized carbons (Fsp3) is 0.160. The van der Waals surface area contributed by atoms with Crippen molar-refractivity contribution in [1.82, 2.24) is 0 Å². The zero-order valence-electron chi connectivity index (χ0n) is 20.4. The third-order valence-corrected chi connectivity index (χ3v) is 8.57. The van der Waals surface area contributed by atoms with E-state index in [1.54, 1.807) is 0 Å². The van der Waals surface area contributed by atoms with E-state index in [9.17, 15) is 40.7 Å². The molecule has 1 saturated carbocycles. The van der Waals surface area contributed by atoms with Crippen molar-refractivity contribution in [2.45, 2.75) is 16.4 Å². The molecule has 228 valence electrons. The Hall–Kier alpha value is -2.61. The molecule has 0 radical (unpaired) electrons. The van der Waals surface area contributed by atoms with Crippen molar-refractivity contribution >= 4 is 104 Å². The molecular formula is C25H11Cl6F6N3O3. The first kappa shape index (κ1) is 33.3. The van der Waals surface area contributed by atoms with Gasteiger partial charge in [-0.2, -0.15) is 13.2 Å². The van der Waals surface area contributed by atoms with Crippen molar-refractivity contribution in [3.63, 3.8) is 0 Å². The lowest BCUT2D eigenvalue weighted by Crippen LogP contribution is -2.30. The SMILES string of the molecule is O=C(Nc1cc(NC(=O)C(F)(F)F)c(F)cc1F)c1cc(NC(=O)[C@H]2[C@H](c3cc(Cl)c(Cl)c(Cl)c3)C2(Cl)Cl)cc(F)c1Cl. The number of rotatable bonds is 6. The molecule has 6 nitrogen and oxygen atoms in total. The molecule has 3 N–H and O–H groups in total. The van der Waals surface area contributed by atoms with E-state index in [0.29, 0.717) is 11.6 Å². The molecule has 4 rings (SSSR count). The zero-order chi connectivity index (χ0) is 32.2. The largest absolute Gasteiger partial charge is 0.471 e. The van der Waals surface area contributed by atoms with Crippen LogP contribution >= 0.6 is 69.6 Å². The van der Waals surface area contributed by atoms with E-state index >= 15 is 0 Å². The number of alkyl halides is 5. The van der Waals surface area contributed by atoms with E-state index in [1.807, 2.05) is 5.32 Å². The minimum absolute atomic E-state index is 0.0636. The molecule has 43 heavy (non-hydrogen) atoms. The quantitative estimate of drug-likeness (QED) is 0.135. The van der Waals surface area contributed by atoms with Crippen LogP contribution in [0.2, 0.25) is 20.1 Å². The molecule has 0 bridgehead atoms. The first-order valence-electron chi connectivity index (χ1n) is 11.3. The Morgan fingerprint density at radius 3 is 1.84 bits per heavy atom. The lowest BCUT2D eigenvalue weighted by atomic mass is 10.1. The molecule has 1 aliphatic rings. The van der Waals surface area contributed by atoms with Crippen molar-refractivity contribution in [2.75, 3.05) is 16.0 Å². The number of anilines is 3. The van der Waals surface area contributed by atoms with Gasteiger partial charge in [-0.05, 0) is 35.9 Å². The Bertz CT molecular complexity index is 1660. The first-order valence-corrected chi connectivity index (χ1v) is 13.6. The second-order valence-corrected chi connectivity index (χ2v) is 12.0. The van der Waals surface area contributed by atoms with Crippen molar-refractivity contribution in [2.24, 2.45) is 5.92 Å². The Labute approximate surface area is 267 Å². The fourth-order valence-corrected chi connectivity index (χ4v) is 5.63. The van der Waals surface area contributed by atoms with Crippen LogP contribution in [0.5, 0.6) is 0 Å². The van der Waals surface area contributed by atoms with E-state index in [1.165, 1.54) is 17.4 Å². The summed E-state index contributed by atoms with van der Waals surface area (Å²) >= 11 is 36.5. The van der Waals surface area contributed by atoms with Gasteiger partial charge >= 0.3 is 12.1 Å². The highest BCUT2D eigenvalue weighted by molar-refractivity contribution is 6.54. The Morgan fingerprint density at radius 1 is 0.721 bits per heavy atom. The monoisotopic (exact) mass is 725 g/mol. The van der Waals surface area contributed by atoms with Gasteiger partial charge in [0.05, 0.1) is 42.9 Å². The molecule has 18 heteroatoms. The predicted molar refractivity (Wildman–Crippen MR) is 151 cm³/mol. The van der Waals surface area contributed by atoms with Crippen LogP contribution in [0.15, 0.2) is 36.4 Å². The molecule has 3 amide bonds. The maximum absolute atomic E-state index is 14.6. The first-order chi connectivity index (χ1) is 19.8. The topological polar surface area (TPSA) is 87.3 Å². The van der Waals surface area contributed by atoms with Crippen LogP contribution in [0, 0.1) is 23.4 Å². The van der Waals surface area contributed by atoms with Crippen molar-refractivity contribution < 1.29 is 40.7 Å². The molecule has 0 aromatic heterocycles. The van der Waals surface area contributed by atoms with Crippen molar-refractivity contribution in [3.05, 3.63) is 85.1 Å². The smallest absolute Gasteiger partial charge is 0.326 e. The van der Waals surface area contributed by atoms with E-state index in [0.717, 1.165) is 12.1 Å². The summed E-state index contributed by atoms with van der Waals surface area (Å²) in [6, 6.07) is 4.92. The van der Waals surface area contributed by atoms with E-state index < -0.39 is 79.5 Å². The molecule has 0 saturated heterocycles. The molecule has 2 atom stereocenters. The highest BCUT2D eigenvalue weighted by Crippen LogP contribution is 2.65. The molecule has 3 aromatic rings. The van der Waals surface area contributed by atoms with E-state index in [4.69, 9.17) is 69.6 Å². The van der Waals surface area contributed by atoms with Gasteiger partial charge in [-0.1, -0.05) is 46.4 Å². The van der Waals surface area contributed by atoms with Gasteiger partial charge < -0.3 is 16.0 Å². The van der Waals surface area contributed by atoms with Crippen molar-refractivity contribution in [1.29, 1.82) is 0 Å². The third-order valence-electron chi connectivity index (χ3n) is 6.05. The molecule has 3 aromatic carbocycles. The summed E-state index contributed by atoms with van der Waals surface area (Å²) in [7, 11) is 0. The summed E-state index contributed by atoms with van der Waals surface area (Å²) < 4.78 is 78.9. The minimum atomic E-state index is -5.40. The summed E-state index contributed by atoms with van der Waals surface area (Å²) in [6.07, 6.45) is -5.40. The average molecular weight is 728 g/mol. The summed E-state index contributed by atoms with van der Waals surface area (Å²) in [5, 5.41) is 4.84. The predicted octanol–water partition coefficient (Wildman–Crippen LogP) is 9.00. The molecule has 1 aliphatic carbocycles. The third kappa shape index (κ3) is 6.89. The number of carbonyl (C=O) groups excluding carboxylic acids is 3. The summed E-state index contributed by atoms with van der Waals surface area (Å²) in [5.41, 5.74) is -2.64. The van der Waals surface area contributed by atoms with Gasteiger partial charge in [0.25, 0.3) is 5.91 Å². The molecule has 1 fully saturated rings. The fourth-order valence-electron chi connectivity index (χ4n) is 3.99. The standard InChI is InChI=1S/C25H11Cl6F6N3O3/c26-10-1-7(2-11(27)20(10)29)17-18(24(17,30)31)22(42)38-8-3-9(19(28)14(34)4-8)21(41)39-15-6-16(13(33)5-12(15)32)40-23(43)25(35,36)37/h1-6,17-18H,(H,38,42)(H,39,41)(H,40,43)/t17-,18+/m0/s1. The number of carbonyl (C=O) groups is 3. The lowest BCUT2D eigenvalue weighted by molar-refractivity contribution is -0.167. The second kappa shape index (κ2) is 12.1. The van der Waals surface area contributed by atoms with Crippen LogP contribution in [0.3, 0.4) is 0 Å². The van der Waals surface area contributed by atoms with Crippen LogP contribution in [0.4, 0.5) is 43.4 Å². The van der Waals surface area contributed by atoms with Crippen LogP contribution in [0.1, 0.15) is 21.8 Å². The van der Waals surface area contributed by atoms with Gasteiger partial charge in [0.2, 0.25) is 5.91 Å². The molecule has 0 heterocycles. The summed E-state index contributed by atoms with van der Waals surface area (Å²) in [4.78, 5) is 37.0. The zero-order valence-corrected chi connectivity index (χ0v) is 24.9. The van der Waals surface area contributed by atoms with Gasteiger partial charge in [-0.15, -0.1) is 23.2 Å². The van der Waals surface area contributed by atoms with E-state index in [2.05, 4.69) is 5.32 Å². The van der Waals surface area contributed by atoms with Gasteiger partial charge in [-0.25, -0.2) is 13.2 Å². The summed E-state index contributed by atoms with van der Waals surface area (Å²) in [6.45, 7) is 0. The number of hydrogen-bond donors (Lipinski definition) is 3. The van der Waals surface area contributed by atoms with Crippen molar-refractivity contribution in [3.8, 4) is 0 Å². The van der Waals surface area contributed by atoms with E-state index in [-0.39, 0.29) is 26.8 Å². The van der Waals surface area contributed by atoms with Gasteiger partial charge in [0, 0.05) is 17.7 Å². The molecule has 0 spiro atoms. The summed E-state index contributed by atoms with van der Waals surface area (Å²) in [5.74, 6) is -10.9. The van der Waals surface area contributed by atoms with Gasteiger partial charge in [0.15, 0.2) is 0 Å². The number of benzene rings is 3. The van der Waals surface area contributed by atoms with Gasteiger partial charge in [-0.3, -0.25) is 14.4 Å². The molecular weight excluding hydrogens is 717 g/mol. The molecule has 0 unspecified atom stereocenters. The maximum Gasteiger partial charge on any atom is 0.471 e. The Morgan fingerprint density at radius 2 is 1.28 bits per heavy atom. The Kier molecular flexibility index (Phi) is 9.33. The number of hydrogen-bond acceptors (Lipinski definition) is 3. The number of halogens is 12. The second-order valence-electron chi connectivity index (χ2n) is 8.96. The highest BCUT2D eigenvalue weighted by atomic mass is 35.5. The van der Waals surface area contributed by atoms with Crippen LogP contribution in [0.25, 0.3) is 0 Å². The maximum atomic E-state index is 14.6. The van der Waals surface area contributed by atoms with Crippen LogP contribution < -0.4 is 16.0 Å². The lowest BCUT2D eigenvalue weighted by Gasteiger charge is -2.14. The Balaban J connectivity index is 1.56. The number of nitrogens with one attached hydrogen (secondary N) is 3. The van der Waals surface area contributed by atoms with Crippen LogP contribution in [-0.2, 0) is 9.59 Å². The number of amides is 3. The van der Waals surface area contributed by atoms with Gasteiger partial charge in [0.1, 0.15) is 21.8 Å². The average Bonchev–Trinajstić information content (AvgIpc) is 3.48. The molecule has 0 aliphatic heterocycles. The minimum Gasteiger partial charge on any atom is -0.326 e. The highest BCUT2D eigenvalue weighted by Gasteiger charge is 2.67. The normalized spacial score (nSPS) is 17.3.